The zero-order valence-electron chi connectivity index (χ0n) is 22.0. The predicted molar refractivity (Wildman–Crippen MR) is 153 cm³/mol. The van der Waals surface area contributed by atoms with Crippen molar-refractivity contribution >= 4 is 39.1 Å². The number of hydrogen-bond donors (Lipinski definition) is 0. The van der Waals surface area contributed by atoms with E-state index >= 15 is 0 Å². The summed E-state index contributed by atoms with van der Waals surface area (Å²) in [5, 5.41) is 0. The molecule has 0 aliphatic heterocycles. The Bertz CT molecular complexity index is 1200. The maximum Gasteiger partial charge on any atom is 0.254 e. The molecule has 3 rings (SSSR count). The minimum Gasteiger partial charge on any atom is -0.493 e. The van der Waals surface area contributed by atoms with Crippen LogP contribution < -0.4 is 9.47 Å². The molecule has 0 bridgehead atoms. The fraction of sp³-hybridized carbons (Fsp3) is 0.379. The van der Waals surface area contributed by atoms with E-state index in [4.69, 9.17) is 9.47 Å². The lowest BCUT2D eigenvalue weighted by Gasteiger charge is -2.28. The van der Waals surface area contributed by atoms with E-state index in [0.29, 0.717) is 43.1 Å². The topological polar surface area (TPSA) is 59.1 Å². The van der Waals surface area contributed by atoms with E-state index in [1.165, 1.54) is 4.88 Å². The summed E-state index contributed by atoms with van der Waals surface area (Å²) >= 11 is 5.13. The molecule has 3 aromatic rings. The first kappa shape index (κ1) is 28.7. The van der Waals surface area contributed by atoms with E-state index < -0.39 is 0 Å². The number of rotatable bonds is 13. The van der Waals surface area contributed by atoms with E-state index in [0.717, 1.165) is 27.8 Å². The van der Waals surface area contributed by atoms with E-state index in [2.05, 4.69) is 41.9 Å². The highest BCUT2D eigenvalue weighted by molar-refractivity contribution is 9.10. The van der Waals surface area contributed by atoms with Gasteiger partial charge in [0.15, 0.2) is 11.5 Å². The van der Waals surface area contributed by atoms with Gasteiger partial charge in [0.25, 0.3) is 5.91 Å². The fourth-order valence-corrected chi connectivity index (χ4v) is 5.32. The number of hydrogen-bond acceptors (Lipinski definition) is 5. The number of aryl methyl sites for hydroxylation is 1. The van der Waals surface area contributed by atoms with Crippen molar-refractivity contribution in [3.05, 3.63) is 80.0 Å². The number of thiophene rings is 1. The van der Waals surface area contributed by atoms with Gasteiger partial charge in [-0.15, -0.1) is 11.3 Å². The van der Waals surface area contributed by atoms with Crippen molar-refractivity contribution < 1.29 is 19.1 Å². The molecule has 0 aliphatic rings. The van der Waals surface area contributed by atoms with Gasteiger partial charge in [0.1, 0.15) is 6.54 Å². The number of carbonyl (C=O) groups excluding carboxylic acids is 2. The normalized spacial score (nSPS) is 10.7. The molecule has 1 aromatic heterocycles. The summed E-state index contributed by atoms with van der Waals surface area (Å²) in [6.45, 7) is 5.76. The number of halogens is 1. The van der Waals surface area contributed by atoms with Crippen LogP contribution in [-0.4, -0.2) is 55.5 Å². The second-order valence-electron chi connectivity index (χ2n) is 8.86. The molecular formula is C29H35BrN2O4S. The first-order chi connectivity index (χ1) is 17.8. The molecule has 0 unspecified atom stereocenters. The quantitative estimate of drug-likeness (QED) is 0.234. The molecule has 0 fully saturated rings. The van der Waals surface area contributed by atoms with Crippen LogP contribution in [-0.2, 0) is 17.8 Å². The molecule has 6 nitrogen and oxygen atoms in total. The third-order valence-electron chi connectivity index (χ3n) is 6.08. The zero-order valence-corrected chi connectivity index (χ0v) is 24.4. The first-order valence-corrected chi connectivity index (χ1v) is 14.0. The Morgan fingerprint density at radius 2 is 1.73 bits per heavy atom. The molecule has 0 radical (unpaired) electrons. The molecule has 198 valence electrons. The maximum atomic E-state index is 13.7. The van der Waals surface area contributed by atoms with Crippen LogP contribution in [0.15, 0.2) is 59.1 Å². The third-order valence-corrected chi connectivity index (χ3v) is 7.56. The van der Waals surface area contributed by atoms with E-state index in [-0.39, 0.29) is 18.4 Å². The van der Waals surface area contributed by atoms with Crippen LogP contribution in [0, 0.1) is 6.92 Å². The fourth-order valence-electron chi connectivity index (χ4n) is 4.02. The van der Waals surface area contributed by atoms with Gasteiger partial charge in [0, 0.05) is 32.9 Å². The van der Waals surface area contributed by atoms with E-state index in [1.54, 1.807) is 42.6 Å². The van der Waals surface area contributed by atoms with E-state index in [9.17, 15) is 9.59 Å². The highest BCUT2D eigenvalue weighted by Gasteiger charge is 2.23. The standard InChI is InChI=1S/C29H35BrN2O4S/c1-5-6-15-32(29(34)23-8-7-9-24(30)18-23)20-28(33)31(19-25-12-10-21(2)37-25)16-14-22-11-13-26(35-3)27(17-22)36-4/h7-13,17-18H,5-6,14-16,19-20H2,1-4H3. The van der Waals surface area contributed by atoms with Crippen molar-refractivity contribution in [1.29, 1.82) is 0 Å². The molecule has 0 aliphatic carbocycles. The molecule has 0 atom stereocenters. The summed E-state index contributed by atoms with van der Waals surface area (Å²) < 4.78 is 11.6. The summed E-state index contributed by atoms with van der Waals surface area (Å²) in [5.74, 6) is 1.14. The van der Waals surface area contributed by atoms with Gasteiger partial charge < -0.3 is 19.3 Å². The largest absolute Gasteiger partial charge is 0.493 e. The molecule has 0 spiro atoms. The molecule has 2 aromatic carbocycles. The number of unbranched alkanes of at least 4 members (excludes halogenated alkanes) is 1. The second kappa shape index (κ2) is 14.2. The Hall–Kier alpha value is -2.84. The number of methoxy groups -OCH3 is 2. The van der Waals surface area contributed by atoms with Crippen LogP contribution in [0.1, 0.15) is 45.4 Å². The minimum absolute atomic E-state index is 0.0433. The molecule has 2 amide bonds. The van der Waals surface area contributed by atoms with Crippen LogP contribution in [0.4, 0.5) is 0 Å². The van der Waals surface area contributed by atoms with Gasteiger partial charge in [-0.05, 0) is 67.8 Å². The van der Waals surface area contributed by atoms with Crippen molar-refractivity contribution in [2.75, 3.05) is 33.9 Å². The van der Waals surface area contributed by atoms with Gasteiger partial charge in [-0.2, -0.15) is 0 Å². The molecule has 37 heavy (non-hydrogen) atoms. The Morgan fingerprint density at radius 1 is 0.946 bits per heavy atom. The summed E-state index contributed by atoms with van der Waals surface area (Å²) in [6.07, 6.45) is 2.43. The summed E-state index contributed by atoms with van der Waals surface area (Å²) in [4.78, 5) is 32.9. The number of amides is 2. The summed E-state index contributed by atoms with van der Waals surface area (Å²) in [6, 6.07) is 17.3. The number of nitrogens with zero attached hydrogens (tertiary/aromatic N) is 2. The number of carbonyl (C=O) groups is 2. The van der Waals surface area contributed by atoms with Crippen LogP contribution in [0.5, 0.6) is 11.5 Å². The van der Waals surface area contributed by atoms with Crippen molar-refractivity contribution in [2.45, 2.75) is 39.7 Å². The van der Waals surface area contributed by atoms with Gasteiger partial charge in [0.05, 0.1) is 20.8 Å². The van der Waals surface area contributed by atoms with Crippen molar-refractivity contribution in [3.63, 3.8) is 0 Å². The maximum absolute atomic E-state index is 13.7. The van der Waals surface area contributed by atoms with Gasteiger partial charge in [-0.25, -0.2) is 0 Å². The smallest absolute Gasteiger partial charge is 0.254 e. The Kier molecular flexibility index (Phi) is 11.0. The lowest BCUT2D eigenvalue weighted by Crippen LogP contribution is -2.43. The number of benzene rings is 2. The Labute approximate surface area is 232 Å². The van der Waals surface area contributed by atoms with Crippen LogP contribution in [0.25, 0.3) is 0 Å². The first-order valence-electron chi connectivity index (χ1n) is 12.4. The summed E-state index contributed by atoms with van der Waals surface area (Å²) in [5.41, 5.74) is 1.62. The second-order valence-corrected chi connectivity index (χ2v) is 11.1. The Balaban J connectivity index is 1.79. The molecule has 0 N–H and O–H groups in total. The monoisotopic (exact) mass is 586 g/mol. The highest BCUT2D eigenvalue weighted by atomic mass is 79.9. The third kappa shape index (κ3) is 8.33. The van der Waals surface area contributed by atoms with Crippen LogP contribution >= 0.6 is 27.3 Å². The Morgan fingerprint density at radius 3 is 2.38 bits per heavy atom. The van der Waals surface area contributed by atoms with E-state index in [1.807, 2.05) is 35.2 Å². The molecule has 1 heterocycles. The van der Waals surface area contributed by atoms with Crippen molar-refractivity contribution in [2.24, 2.45) is 0 Å². The minimum atomic E-state index is -0.130. The van der Waals surface area contributed by atoms with Crippen molar-refractivity contribution in [3.8, 4) is 11.5 Å². The highest BCUT2D eigenvalue weighted by Crippen LogP contribution is 2.28. The molecule has 8 heteroatoms. The van der Waals surface area contributed by atoms with Crippen LogP contribution in [0.3, 0.4) is 0 Å². The van der Waals surface area contributed by atoms with Gasteiger partial charge in [-0.1, -0.05) is 41.4 Å². The molecule has 0 saturated heterocycles. The van der Waals surface area contributed by atoms with Crippen LogP contribution in [0.2, 0.25) is 0 Å². The summed E-state index contributed by atoms with van der Waals surface area (Å²) in [7, 11) is 3.23. The average molecular weight is 588 g/mol. The average Bonchev–Trinajstić information content (AvgIpc) is 3.32. The predicted octanol–water partition coefficient (Wildman–Crippen LogP) is 6.35. The van der Waals surface area contributed by atoms with Gasteiger partial charge >= 0.3 is 0 Å². The SMILES string of the molecule is CCCCN(CC(=O)N(CCc1ccc(OC)c(OC)c1)Cc1ccc(C)s1)C(=O)c1cccc(Br)c1. The zero-order chi connectivity index (χ0) is 26.8. The lowest BCUT2D eigenvalue weighted by atomic mass is 10.1. The number of ether oxygens (including phenoxy) is 2. The lowest BCUT2D eigenvalue weighted by molar-refractivity contribution is -0.132. The molecule has 0 saturated carbocycles. The van der Waals surface area contributed by atoms with Gasteiger partial charge in [0.2, 0.25) is 5.91 Å². The van der Waals surface area contributed by atoms with Crippen molar-refractivity contribution in [1.82, 2.24) is 9.80 Å². The van der Waals surface area contributed by atoms with Gasteiger partial charge in [-0.3, -0.25) is 9.59 Å². The molecular weight excluding hydrogens is 552 g/mol.